The Balaban J connectivity index is 3.60. The zero-order valence-electron chi connectivity index (χ0n) is 19.5. The van der Waals surface area contributed by atoms with Gasteiger partial charge in [0.05, 0.1) is 0 Å². The molecule has 0 heterocycles. The van der Waals surface area contributed by atoms with Crippen LogP contribution in [0.1, 0.15) is 151 Å². The quantitative estimate of drug-likeness (QED) is 0.287. The minimum Gasteiger partial charge on any atom is -0.0654 e. The fourth-order valence-corrected chi connectivity index (χ4v) is 7.84. The molecule has 1 saturated carbocycles. The van der Waals surface area contributed by atoms with Crippen LogP contribution in [0.3, 0.4) is 0 Å². The first-order valence-electron chi connectivity index (χ1n) is 12.6. The van der Waals surface area contributed by atoms with Crippen molar-refractivity contribution in [1.29, 1.82) is 0 Å². The van der Waals surface area contributed by atoms with E-state index >= 15 is 0 Å². The molecule has 1 aliphatic rings. The molecule has 0 spiro atoms. The summed E-state index contributed by atoms with van der Waals surface area (Å²) in [5.74, 6) is 0. The van der Waals surface area contributed by atoms with E-state index < -0.39 is 0 Å². The Morgan fingerprint density at radius 1 is 0.462 bits per heavy atom. The molecule has 0 radical (unpaired) electrons. The number of hydrogen-bond donors (Lipinski definition) is 0. The van der Waals surface area contributed by atoms with E-state index in [1.54, 1.807) is 0 Å². The molecule has 1 aliphatic carbocycles. The van der Waals surface area contributed by atoms with Crippen LogP contribution < -0.4 is 0 Å². The summed E-state index contributed by atoms with van der Waals surface area (Å²) in [5, 5.41) is 0. The molecule has 0 bridgehead atoms. The summed E-state index contributed by atoms with van der Waals surface area (Å²) in [6.07, 6.45) is 24.7. The summed E-state index contributed by atoms with van der Waals surface area (Å²) < 4.78 is 0. The van der Waals surface area contributed by atoms with Gasteiger partial charge in [0, 0.05) is 0 Å². The second-order valence-electron chi connectivity index (χ2n) is 9.70. The van der Waals surface area contributed by atoms with Gasteiger partial charge >= 0.3 is 0 Å². The molecule has 0 saturated heterocycles. The first kappa shape index (κ1) is 24.0. The lowest BCUT2D eigenvalue weighted by atomic mass is 9.40. The van der Waals surface area contributed by atoms with Crippen molar-refractivity contribution in [2.75, 3.05) is 0 Å². The van der Waals surface area contributed by atoms with E-state index in [1.807, 2.05) is 0 Å². The molecule has 0 aromatic rings. The summed E-state index contributed by atoms with van der Waals surface area (Å²) in [7, 11) is 0. The van der Waals surface area contributed by atoms with Crippen molar-refractivity contribution in [2.45, 2.75) is 151 Å². The Hall–Kier alpha value is 0. The lowest BCUT2D eigenvalue weighted by Gasteiger charge is -2.64. The van der Waals surface area contributed by atoms with Gasteiger partial charge in [-0.3, -0.25) is 0 Å². The average molecular weight is 365 g/mol. The molecule has 1 rings (SSSR count). The summed E-state index contributed by atoms with van der Waals surface area (Å²) in [6.45, 7) is 14.7. The summed E-state index contributed by atoms with van der Waals surface area (Å²) >= 11 is 0. The fourth-order valence-electron chi connectivity index (χ4n) is 7.84. The molecule has 0 unspecified atom stereocenters. The van der Waals surface area contributed by atoms with Gasteiger partial charge in [-0.1, -0.05) is 99.3 Å². The lowest BCUT2D eigenvalue weighted by Crippen LogP contribution is -2.55. The van der Waals surface area contributed by atoms with Gasteiger partial charge in [0.1, 0.15) is 0 Å². The second-order valence-corrected chi connectivity index (χ2v) is 9.70. The highest BCUT2D eigenvalue weighted by molar-refractivity contribution is 5.08. The Morgan fingerprint density at radius 3 is 0.962 bits per heavy atom. The molecule has 0 nitrogen and oxygen atoms in total. The molecular formula is C26H52. The predicted molar refractivity (Wildman–Crippen MR) is 120 cm³/mol. The predicted octanol–water partition coefficient (Wildman–Crippen LogP) is 9.71. The van der Waals surface area contributed by atoms with Gasteiger partial charge in [-0.15, -0.1) is 0 Å². The number of rotatable bonds is 14. The van der Waals surface area contributed by atoms with Crippen LogP contribution in [-0.2, 0) is 0 Å². The van der Waals surface area contributed by atoms with Crippen LogP contribution in [0.15, 0.2) is 0 Å². The minimum absolute atomic E-state index is 0.602. The van der Waals surface area contributed by atoms with Crippen LogP contribution in [-0.4, -0.2) is 0 Å². The second kappa shape index (κ2) is 11.8. The molecule has 0 amide bonds. The van der Waals surface area contributed by atoms with Gasteiger partial charge in [-0.25, -0.2) is 0 Å². The first-order valence-corrected chi connectivity index (χ1v) is 12.6. The third-order valence-electron chi connectivity index (χ3n) is 8.11. The van der Waals surface area contributed by atoms with Crippen molar-refractivity contribution in [3.8, 4) is 0 Å². The van der Waals surface area contributed by atoms with E-state index in [4.69, 9.17) is 0 Å². The molecule has 26 heavy (non-hydrogen) atoms. The smallest absolute Gasteiger partial charge is 0.0184 e. The number of hydrogen-bond acceptors (Lipinski definition) is 0. The monoisotopic (exact) mass is 364 g/mol. The zero-order valence-corrected chi connectivity index (χ0v) is 19.5. The molecule has 0 aromatic heterocycles. The highest BCUT2D eigenvalue weighted by Crippen LogP contribution is 2.68. The van der Waals surface area contributed by atoms with Gasteiger partial charge < -0.3 is 0 Å². The van der Waals surface area contributed by atoms with Crippen molar-refractivity contribution in [2.24, 2.45) is 16.2 Å². The van der Waals surface area contributed by atoms with Gasteiger partial charge in [-0.2, -0.15) is 0 Å². The molecule has 0 atom stereocenters. The largest absolute Gasteiger partial charge is 0.0654 e. The lowest BCUT2D eigenvalue weighted by molar-refractivity contribution is -0.145. The molecule has 1 fully saturated rings. The maximum atomic E-state index is 2.46. The average Bonchev–Trinajstić information content (AvgIpc) is 2.63. The Bertz CT molecular complexity index is 285. The van der Waals surface area contributed by atoms with E-state index in [0.717, 1.165) is 0 Å². The first-order chi connectivity index (χ1) is 12.6. The third kappa shape index (κ3) is 4.70. The molecule has 0 aromatic carbocycles. The van der Waals surface area contributed by atoms with Crippen LogP contribution in [0.2, 0.25) is 0 Å². The zero-order chi connectivity index (χ0) is 19.5. The Kier molecular flexibility index (Phi) is 10.9. The van der Waals surface area contributed by atoms with E-state index in [2.05, 4.69) is 41.5 Å². The van der Waals surface area contributed by atoms with Crippen molar-refractivity contribution in [3.05, 3.63) is 0 Å². The highest BCUT2D eigenvalue weighted by Gasteiger charge is 2.59. The normalized spacial score (nSPS) is 18.2. The molecular weight excluding hydrogens is 312 g/mol. The van der Waals surface area contributed by atoms with E-state index in [0.29, 0.717) is 16.2 Å². The van der Waals surface area contributed by atoms with E-state index in [9.17, 15) is 0 Å². The van der Waals surface area contributed by atoms with Crippen LogP contribution in [0.25, 0.3) is 0 Å². The van der Waals surface area contributed by atoms with Crippen molar-refractivity contribution < 1.29 is 0 Å². The van der Waals surface area contributed by atoms with Gasteiger partial charge in [0.2, 0.25) is 0 Å². The van der Waals surface area contributed by atoms with Crippen molar-refractivity contribution >= 4 is 0 Å². The highest BCUT2D eigenvalue weighted by atomic mass is 14.6. The Morgan fingerprint density at radius 2 is 0.731 bits per heavy atom. The standard InChI is InChI=1S/C26H52/c1-7-16-24(17-8-2,18-9-3)26(22-14-13-15-23-26)25(19-10-4,20-11-5)21-12-6/h7-23H2,1-6H3. The summed E-state index contributed by atoms with van der Waals surface area (Å²) in [5.41, 5.74) is 1.82. The van der Waals surface area contributed by atoms with Gasteiger partial charge in [-0.05, 0) is 67.6 Å². The SMILES string of the molecule is CCCC(CCC)(CCC)C1(C(CCC)(CCC)CCC)CCCCC1. The maximum Gasteiger partial charge on any atom is -0.0184 e. The van der Waals surface area contributed by atoms with Gasteiger partial charge in [0.15, 0.2) is 0 Å². The summed E-state index contributed by atoms with van der Waals surface area (Å²) in [4.78, 5) is 0. The Labute approximate surface area is 167 Å². The molecule has 156 valence electrons. The minimum atomic E-state index is 0.602. The topological polar surface area (TPSA) is 0 Å². The van der Waals surface area contributed by atoms with Crippen LogP contribution in [0.5, 0.6) is 0 Å². The molecule has 0 N–H and O–H groups in total. The summed E-state index contributed by atoms with van der Waals surface area (Å²) in [6, 6.07) is 0. The van der Waals surface area contributed by atoms with E-state index in [1.165, 1.54) is 109 Å². The fraction of sp³-hybridized carbons (Fsp3) is 1.00. The molecule has 0 heteroatoms. The van der Waals surface area contributed by atoms with Crippen LogP contribution >= 0.6 is 0 Å². The van der Waals surface area contributed by atoms with Gasteiger partial charge in [0.25, 0.3) is 0 Å². The van der Waals surface area contributed by atoms with Crippen LogP contribution in [0.4, 0.5) is 0 Å². The van der Waals surface area contributed by atoms with Crippen molar-refractivity contribution in [1.82, 2.24) is 0 Å². The third-order valence-corrected chi connectivity index (χ3v) is 8.11. The van der Waals surface area contributed by atoms with Crippen LogP contribution in [0, 0.1) is 16.2 Å². The van der Waals surface area contributed by atoms with Crippen molar-refractivity contribution in [3.63, 3.8) is 0 Å². The maximum absolute atomic E-state index is 2.46. The van der Waals surface area contributed by atoms with E-state index in [-0.39, 0.29) is 0 Å². The molecule has 0 aliphatic heterocycles.